The predicted octanol–water partition coefficient (Wildman–Crippen LogP) is 13.1. The summed E-state index contributed by atoms with van der Waals surface area (Å²) in [6.45, 7) is 0. The highest BCUT2D eigenvalue weighted by atomic mass is 16.3. The lowest BCUT2D eigenvalue weighted by Crippen LogP contribution is -1.94. The van der Waals surface area contributed by atoms with Gasteiger partial charge in [-0.25, -0.2) is 0 Å². The van der Waals surface area contributed by atoms with Crippen LogP contribution in [0.25, 0.3) is 99.2 Å². The minimum atomic E-state index is 0.913. The van der Waals surface area contributed by atoms with Crippen LogP contribution in [0.3, 0.4) is 0 Å². The van der Waals surface area contributed by atoms with Gasteiger partial charge in [0.25, 0.3) is 0 Å². The van der Waals surface area contributed by atoms with E-state index in [0.717, 1.165) is 38.8 Å². The first-order valence-electron chi connectivity index (χ1n) is 17.4. The van der Waals surface area contributed by atoms with E-state index in [1.54, 1.807) is 0 Å². The van der Waals surface area contributed by atoms with Crippen molar-refractivity contribution in [3.8, 4) is 33.6 Å². The quantitative estimate of drug-likeness (QED) is 0.186. The molecule has 0 N–H and O–H groups in total. The van der Waals surface area contributed by atoms with Gasteiger partial charge < -0.3 is 13.6 Å². The second-order valence-corrected chi connectivity index (χ2v) is 13.3. The monoisotopic (exact) mass is 650 g/mol. The maximum atomic E-state index is 6.45. The number of rotatable bonds is 4. The van der Waals surface area contributed by atoms with Gasteiger partial charge in [0.2, 0.25) is 0 Å². The molecule has 0 saturated heterocycles. The van der Waals surface area contributed by atoms with Crippen molar-refractivity contribution in [3.05, 3.63) is 182 Å². The summed E-state index contributed by atoms with van der Waals surface area (Å²) in [6, 6.07) is 65.5. The number of fused-ring (bicyclic) bond motifs is 9. The topological polar surface area (TPSA) is 23.0 Å². The second kappa shape index (κ2) is 10.8. The highest BCUT2D eigenvalue weighted by Crippen LogP contribution is 2.40. The van der Waals surface area contributed by atoms with Crippen molar-refractivity contribution in [1.29, 1.82) is 0 Å². The first-order chi connectivity index (χ1) is 25.3. The maximum absolute atomic E-state index is 6.45. The highest BCUT2D eigenvalue weighted by Gasteiger charge is 2.17. The van der Waals surface area contributed by atoms with Crippen molar-refractivity contribution in [2.24, 2.45) is 0 Å². The molecule has 0 fully saturated rings. The Morgan fingerprint density at radius 2 is 0.882 bits per heavy atom. The lowest BCUT2D eigenvalue weighted by molar-refractivity contribution is 0.670. The molecule has 11 rings (SSSR count). The van der Waals surface area contributed by atoms with E-state index in [9.17, 15) is 0 Å². The van der Waals surface area contributed by atoms with Gasteiger partial charge in [0.15, 0.2) is 0 Å². The standard InChI is InChI=1S/C48H30N2O/c1-2-11-34(12-3-1)49-44-19-8-5-14-38(44)42-29-32(24-28-45(42)49)31-21-25-35(26-22-31)50-43-18-7-4-13-37(43)39-27-23-33(30-46(39)50)36-16-10-17-41-40-15-6-9-20-47(40)51-48(36)41/h1-30H. The summed E-state index contributed by atoms with van der Waals surface area (Å²) in [5, 5.41) is 7.27. The zero-order valence-electron chi connectivity index (χ0n) is 27.6. The third kappa shape index (κ3) is 4.19. The third-order valence-electron chi connectivity index (χ3n) is 10.5. The molecule has 0 aliphatic rings. The summed E-state index contributed by atoms with van der Waals surface area (Å²) in [5.74, 6) is 0. The number of nitrogens with zero attached hydrogens (tertiary/aromatic N) is 2. The van der Waals surface area contributed by atoms with Gasteiger partial charge >= 0.3 is 0 Å². The van der Waals surface area contributed by atoms with Crippen LogP contribution in [0, 0.1) is 0 Å². The van der Waals surface area contributed by atoms with Crippen molar-refractivity contribution in [2.45, 2.75) is 0 Å². The highest BCUT2D eigenvalue weighted by molar-refractivity contribution is 6.13. The van der Waals surface area contributed by atoms with Crippen molar-refractivity contribution in [2.75, 3.05) is 0 Å². The van der Waals surface area contributed by atoms with Crippen LogP contribution in [0.4, 0.5) is 0 Å². The van der Waals surface area contributed by atoms with E-state index in [4.69, 9.17) is 4.42 Å². The van der Waals surface area contributed by atoms with E-state index >= 15 is 0 Å². The molecule has 3 aromatic heterocycles. The van der Waals surface area contributed by atoms with E-state index in [0.29, 0.717) is 0 Å². The first kappa shape index (κ1) is 28.0. The van der Waals surface area contributed by atoms with Crippen LogP contribution in [0.15, 0.2) is 186 Å². The largest absolute Gasteiger partial charge is 0.455 e. The second-order valence-electron chi connectivity index (χ2n) is 13.3. The Bertz CT molecular complexity index is 3120. The molecule has 0 unspecified atom stereocenters. The molecule has 0 aliphatic carbocycles. The molecular formula is C48H30N2O. The Balaban J connectivity index is 1.05. The molecule has 3 heterocycles. The van der Waals surface area contributed by atoms with Crippen LogP contribution in [0.1, 0.15) is 0 Å². The summed E-state index contributed by atoms with van der Waals surface area (Å²) >= 11 is 0. The SMILES string of the molecule is c1ccc(-n2c3ccccc3c3cc(-c4ccc(-n5c6ccccc6c6ccc(-c7cccc8c7oc7ccccc78)cc65)cc4)ccc32)cc1. The number of aromatic nitrogens is 2. The van der Waals surface area contributed by atoms with Gasteiger partial charge in [-0.2, -0.15) is 0 Å². The third-order valence-corrected chi connectivity index (χ3v) is 10.5. The summed E-state index contributed by atoms with van der Waals surface area (Å²) in [7, 11) is 0. The van der Waals surface area contributed by atoms with E-state index in [2.05, 4.69) is 179 Å². The van der Waals surface area contributed by atoms with Gasteiger partial charge in [-0.3, -0.25) is 0 Å². The Hall–Kier alpha value is -6.84. The molecule has 0 amide bonds. The number of hydrogen-bond donors (Lipinski definition) is 0. The number of hydrogen-bond acceptors (Lipinski definition) is 1. The molecule has 0 saturated carbocycles. The predicted molar refractivity (Wildman–Crippen MR) is 213 cm³/mol. The van der Waals surface area contributed by atoms with Crippen LogP contribution >= 0.6 is 0 Å². The van der Waals surface area contributed by atoms with Crippen LogP contribution in [-0.4, -0.2) is 9.13 Å². The summed E-state index contributed by atoms with van der Waals surface area (Å²) in [5.41, 5.74) is 13.6. The minimum Gasteiger partial charge on any atom is -0.455 e. The number of benzene rings is 8. The molecule has 8 aromatic carbocycles. The molecule has 0 radical (unpaired) electrons. The average Bonchev–Trinajstić information content (AvgIpc) is 3.85. The molecule has 238 valence electrons. The lowest BCUT2D eigenvalue weighted by Gasteiger charge is -2.11. The Morgan fingerprint density at radius 1 is 0.314 bits per heavy atom. The van der Waals surface area contributed by atoms with Gasteiger partial charge in [0, 0.05) is 49.3 Å². The van der Waals surface area contributed by atoms with Crippen molar-refractivity contribution < 1.29 is 4.42 Å². The first-order valence-corrected chi connectivity index (χ1v) is 17.4. The molecule has 0 atom stereocenters. The normalized spacial score (nSPS) is 11.9. The van der Waals surface area contributed by atoms with Crippen LogP contribution in [-0.2, 0) is 0 Å². The van der Waals surface area contributed by atoms with Gasteiger partial charge in [-0.1, -0.05) is 121 Å². The molecule has 51 heavy (non-hydrogen) atoms. The van der Waals surface area contributed by atoms with E-state index in [1.807, 2.05) is 12.1 Å². The van der Waals surface area contributed by atoms with Crippen molar-refractivity contribution >= 4 is 65.6 Å². The Morgan fingerprint density at radius 3 is 1.69 bits per heavy atom. The summed E-state index contributed by atoms with van der Waals surface area (Å²) in [4.78, 5) is 0. The number of para-hydroxylation sites is 5. The fraction of sp³-hybridized carbons (Fsp3) is 0. The summed E-state index contributed by atoms with van der Waals surface area (Å²) in [6.07, 6.45) is 0. The Kier molecular flexibility index (Phi) is 5.96. The van der Waals surface area contributed by atoms with Crippen molar-refractivity contribution in [1.82, 2.24) is 9.13 Å². The van der Waals surface area contributed by atoms with Crippen LogP contribution in [0.5, 0.6) is 0 Å². The molecule has 0 spiro atoms. The van der Waals surface area contributed by atoms with E-state index in [1.165, 1.54) is 60.4 Å². The van der Waals surface area contributed by atoms with Crippen LogP contribution < -0.4 is 0 Å². The summed E-state index contributed by atoms with van der Waals surface area (Å²) < 4.78 is 11.2. The molecule has 3 nitrogen and oxygen atoms in total. The van der Waals surface area contributed by atoms with Gasteiger partial charge in [0.1, 0.15) is 11.2 Å². The fourth-order valence-corrected chi connectivity index (χ4v) is 8.20. The average molecular weight is 651 g/mol. The fourth-order valence-electron chi connectivity index (χ4n) is 8.20. The van der Waals surface area contributed by atoms with Crippen molar-refractivity contribution in [3.63, 3.8) is 0 Å². The maximum Gasteiger partial charge on any atom is 0.143 e. The molecular weight excluding hydrogens is 621 g/mol. The zero-order chi connectivity index (χ0) is 33.5. The smallest absolute Gasteiger partial charge is 0.143 e. The zero-order valence-corrected chi connectivity index (χ0v) is 27.6. The molecule has 0 aliphatic heterocycles. The van der Waals surface area contributed by atoms with Gasteiger partial charge in [0.05, 0.1) is 22.1 Å². The van der Waals surface area contributed by atoms with E-state index < -0.39 is 0 Å². The lowest BCUT2D eigenvalue weighted by atomic mass is 10.0. The van der Waals surface area contributed by atoms with Crippen LogP contribution in [0.2, 0.25) is 0 Å². The van der Waals surface area contributed by atoms with Gasteiger partial charge in [-0.05, 0) is 77.4 Å². The molecule has 0 bridgehead atoms. The minimum absolute atomic E-state index is 0.913. The van der Waals surface area contributed by atoms with E-state index in [-0.39, 0.29) is 0 Å². The Labute approximate surface area is 293 Å². The van der Waals surface area contributed by atoms with Gasteiger partial charge in [-0.15, -0.1) is 0 Å². The molecule has 3 heteroatoms. The molecule has 11 aromatic rings. The number of furan rings is 1.